The molecule has 0 heterocycles. The summed E-state index contributed by atoms with van der Waals surface area (Å²) < 4.78 is 16.9. The minimum atomic E-state index is -0.783. The molecule has 0 aromatic heterocycles. The first kappa shape index (κ1) is 67.4. The van der Waals surface area contributed by atoms with Crippen molar-refractivity contribution in [2.24, 2.45) is 0 Å². The lowest BCUT2D eigenvalue weighted by molar-refractivity contribution is -0.167. The second-order valence-corrected chi connectivity index (χ2v) is 20.6. The predicted molar refractivity (Wildman–Crippen MR) is 302 cm³/mol. The van der Waals surface area contributed by atoms with Gasteiger partial charge in [-0.05, 0) is 57.8 Å². The summed E-state index contributed by atoms with van der Waals surface area (Å²) in [6.07, 6.45) is 72.5. The van der Waals surface area contributed by atoms with E-state index in [4.69, 9.17) is 14.2 Å². The highest BCUT2D eigenvalue weighted by Gasteiger charge is 2.19. The van der Waals surface area contributed by atoms with Gasteiger partial charge in [-0.1, -0.05) is 294 Å². The van der Waals surface area contributed by atoms with Crippen molar-refractivity contribution < 1.29 is 28.6 Å². The summed E-state index contributed by atoms with van der Waals surface area (Å²) in [6.45, 7) is 6.56. The molecule has 6 nitrogen and oxygen atoms in total. The van der Waals surface area contributed by atoms with E-state index < -0.39 is 6.10 Å². The van der Waals surface area contributed by atoms with Gasteiger partial charge in [-0.2, -0.15) is 0 Å². The van der Waals surface area contributed by atoms with E-state index in [1.165, 1.54) is 186 Å². The third-order valence-electron chi connectivity index (χ3n) is 13.6. The van der Waals surface area contributed by atoms with Crippen LogP contribution in [0.2, 0.25) is 0 Å². The Morgan fingerprint density at radius 1 is 0.300 bits per heavy atom. The highest BCUT2D eigenvalue weighted by atomic mass is 16.6. The van der Waals surface area contributed by atoms with Crippen LogP contribution in [0.25, 0.3) is 0 Å². The molecule has 0 saturated heterocycles. The number of ether oxygens (including phenoxy) is 3. The van der Waals surface area contributed by atoms with Gasteiger partial charge in [-0.3, -0.25) is 14.4 Å². The molecule has 0 aromatic carbocycles. The molecule has 0 radical (unpaired) electrons. The molecule has 1 unspecified atom stereocenters. The Morgan fingerprint density at radius 2 is 0.557 bits per heavy atom. The van der Waals surface area contributed by atoms with Crippen LogP contribution in [0.3, 0.4) is 0 Å². The van der Waals surface area contributed by atoms with Gasteiger partial charge in [0.25, 0.3) is 0 Å². The zero-order valence-electron chi connectivity index (χ0n) is 46.8. The summed E-state index contributed by atoms with van der Waals surface area (Å²) in [6, 6.07) is 0. The van der Waals surface area contributed by atoms with Gasteiger partial charge >= 0.3 is 17.9 Å². The molecule has 0 saturated carbocycles. The Labute approximate surface area is 435 Å². The van der Waals surface area contributed by atoms with Gasteiger partial charge in [0.05, 0.1) is 0 Å². The van der Waals surface area contributed by atoms with Crippen LogP contribution < -0.4 is 0 Å². The first-order valence-electron chi connectivity index (χ1n) is 30.6. The minimum Gasteiger partial charge on any atom is -0.462 e. The van der Waals surface area contributed by atoms with E-state index in [1.807, 2.05) is 0 Å². The normalized spacial score (nSPS) is 12.3. The number of esters is 3. The van der Waals surface area contributed by atoms with Crippen molar-refractivity contribution in [3.63, 3.8) is 0 Å². The molecule has 0 spiro atoms. The van der Waals surface area contributed by atoms with Crippen molar-refractivity contribution in [3.8, 4) is 0 Å². The molecule has 0 rings (SSSR count). The van der Waals surface area contributed by atoms with Crippen LogP contribution in [-0.4, -0.2) is 37.2 Å². The van der Waals surface area contributed by atoms with Crippen molar-refractivity contribution in [1.29, 1.82) is 0 Å². The van der Waals surface area contributed by atoms with E-state index in [1.54, 1.807) is 0 Å². The van der Waals surface area contributed by atoms with Crippen molar-refractivity contribution in [2.75, 3.05) is 13.2 Å². The van der Waals surface area contributed by atoms with Crippen LogP contribution >= 0.6 is 0 Å². The molecule has 0 aliphatic rings. The summed E-state index contributed by atoms with van der Waals surface area (Å²) in [7, 11) is 0. The molecule has 0 bridgehead atoms. The lowest BCUT2D eigenvalue weighted by Gasteiger charge is -2.18. The van der Waals surface area contributed by atoms with Crippen molar-refractivity contribution in [3.05, 3.63) is 48.6 Å². The number of carbonyl (C=O) groups excluding carboxylic acids is 3. The Bertz CT molecular complexity index is 1220. The summed E-state index contributed by atoms with van der Waals surface area (Å²) >= 11 is 0. The summed E-state index contributed by atoms with van der Waals surface area (Å²) in [5, 5.41) is 0. The molecule has 6 heteroatoms. The molecular formula is C64H116O6. The zero-order valence-corrected chi connectivity index (χ0v) is 46.8. The Morgan fingerprint density at radius 3 is 0.871 bits per heavy atom. The minimum absolute atomic E-state index is 0.0785. The lowest BCUT2D eigenvalue weighted by atomic mass is 10.0. The van der Waals surface area contributed by atoms with Gasteiger partial charge in [0.1, 0.15) is 13.2 Å². The van der Waals surface area contributed by atoms with Crippen molar-refractivity contribution in [1.82, 2.24) is 0 Å². The lowest BCUT2D eigenvalue weighted by Crippen LogP contribution is -2.30. The average Bonchev–Trinajstić information content (AvgIpc) is 3.36. The smallest absolute Gasteiger partial charge is 0.306 e. The third-order valence-corrected chi connectivity index (χ3v) is 13.6. The van der Waals surface area contributed by atoms with Gasteiger partial charge in [0.15, 0.2) is 6.10 Å². The second-order valence-electron chi connectivity index (χ2n) is 20.6. The van der Waals surface area contributed by atoms with Crippen LogP contribution in [0.5, 0.6) is 0 Å². The number of hydrogen-bond donors (Lipinski definition) is 0. The largest absolute Gasteiger partial charge is 0.462 e. The van der Waals surface area contributed by atoms with E-state index >= 15 is 0 Å². The zero-order chi connectivity index (χ0) is 50.7. The molecule has 70 heavy (non-hydrogen) atoms. The van der Waals surface area contributed by atoms with Gasteiger partial charge in [0.2, 0.25) is 0 Å². The summed E-state index contributed by atoms with van der Waals surface area (Å²) in [5.41, 5.74) is 0. The van der Waals surface area contributed by atoms with Crippen LogP contribution in [0.4, 0.5) is 0 Å². The molecule has 0 fully saturated rings. The average molecular weight is 982 g/mol. The fraction of sp³-hybridized carbons (Fsp3) is 0.828. The number of hydrogen-bond acceptors (Lipinski definition) is 6. The Hall–Kier alpha value is -2.63. The van der Waals surface area contributed by atoms with E-state index in [2.05, 4.69) is 69.4 Å². The van der Waals surface area contributed by atoms with Crippen LogP contribution in [-0.2, 0) is 28.6 Å². The van der Waals surface area contributed by atoms with E-state index in [0.29, 0.717) is 19.3 Å². The van der Waals surface area contributed by atoms with Crippen molar-refractivity contribution >= 4 is 17.9 Å². The second kappa shape index (κ2) is 58.9. The number of rotatable bonds is 56. The predicted octanol–water partition coefficient (Wildman–Crippen LogP) is 20.6. The van der Waals surface area contributed by atoms with Crippen molar-refractivity contribution in [2.45, 2.75) is 329 Å². The topological polar surface area (TPSA) is 78.9 Å². The van der Waals surface area contributed by atoms with Crippen LogP contribution in [0.15, 0.2) is 48.6 Å². The molecule has 0 amide bonds. The highest BCUT2D eigenvalue weighted by Crippen LogP contribution is 2.17. The fourth-order valence-electron chi connectivity index (χ4n) is 9.02. The fourth-order valence-corrected chi connectivity index (χ4v) is 9.02. The van der Waals surface area contributed by atoms with Crippen LogP contribution in [0, 0.1) is 0 Å². The Balaban J connectivity index is 4.33. The third kappa shape index (κ3) is 56.3. The standard InChI is InChI=1S/C64H116O6/c1-4-7-10-13-16-19-22-25-28-30-31-32-33-35-36-39-42-45-48-51-54-57-63(66)69-60-61(59-68-62(65)56-53-50-47-44-41-38-27-24-21-18-15-12-9-6-3)70-64(67)58-55-52-49-46-43-40-37-34-29-26-23-20-17-14-11-8-5-2/h8,11,17,20,26,29,37,40,61H,4-7,9-10,12-16,18-19,21-25,27-28,30-36,38-39,41-60H2,1-3H3/b11-8-,20-17-,29-26-,40-37-. The van der Waals surface area contributed by atoms with Gasteiger partial charge in [-0.25, -0.2) is 0 Å². The van der Waals surface area contributed by atoms with Gasteiger partial charge in [0, 0.05) is 19.3 Å². The first-order chi connectivity index (χ1) is 34.5. The molecular weight excluding hydrogens is 865 g/mol. The van der Waals surface area contributed by atoms with E-state index in [9.17, 15) is 14.4 Å². The van der Waals surface area contributed by atoms with Crippen LogP contribution in [0.1, 0.15) is 323 Å². The van der Waals surface area contributed by atoms with E-state index in [0.717, 1.165) is 96.3 Å². The maximum absolute atomic E-state index is 12.9. The first-order valence-corrected chi connectivity index (χ1v) is 30.6. The Kier molecular flexibility index (Phi) is 56.7. The number of allylic oxidation sites excluding steroid dienone is 8. The van der Waals surface area contributed by atoms with Gasteiger partial charge in [-0.15, -0.1) is 0 Å². The maximum Gasteiger partial charge on any atom is 0.306 e. The monoisotopic (exact) mass is 981 g/mol. The molecule has 0 aliphatic carbocycles. The summed E-state index contributed by atoms with van der Waals surface area (Å²) in [5.74, 6) is -0.882. The highest BCUT2D eigenvalue weighted by molar-refractivity contribution is 5.71. The molecule has 0 N–H and O–H groups in total. The molecule has 0 aromatic rings. The quantitative estimate of drug-likeness (QED) is 0.0261. The molecule has 0 aliphatic heterocycles. The SMILES string of the molecule is CC/C=C\C/C=C\C/C=C\C/C=C\CCCCCCC(=O)OC(COC(=O)CCCCCCCCCCCCCCCC)COC(=O)CCCCCCCCCCCCCCCCCCCCCCC. The molecule has 1 atom stereocenters. The molecule has 408 valence electrons. The maximum atomic E-state index is 12.9. The number of carbonyl (C=O) groups is 3. The van der Waals surface area contributed by atoms with E-state index in [-0.39, 0.29) is 31.1 Å². The summed E-state index contributed by atoms with van der Waals surface area (Å²) in [4.78, 5) is 38.2. The number of unbranched alkanes of at least 4 members (excludes halogenated alkanes) is 37. The van der Waals surface area contributed by atoms with Gasteiger partial charge < -0.3 is 14.2 Å².